The number of carbonyl (C=O) groups excluding carboxylic acids is 1. The number of nitriles is 1. The van der Waals surface area contributed by atoms with Gasteiger partial charge in [0.05, 0.1) is 5.56 Å². The van der Waals surface area contributed by atoms with Gasteiger partial charge >= 0.3 is 0 Å². The molecule has 1 aromatic carbocycles. The second kappa shape index (κ2) is 7.11. The second-order valence-corrected chi connectivity index (χ2v) is 5.81. The number of primary amides is 1. The Morgan fingerprint density at radius 1 is 1.17 bits per heavy atom. The van der Waals surface area contributed by atoms with Gasteiger partial charge in [-0.3, -0.25) is 9.69 Å². The van der Waals surface area contributed by atoms with Gasteiger partial charge in [-0.1, -0.05) is 12.1 Å². The first kappa shape index (κ1) is 16.0. The molecule has 0 radical (unpaired) electrons. The first-order valence-electron chi connectivity index (χ1n) is 7.88. The van der Waals surface area contributed by atoms with Gasteiger partial charge in [0, 0.05) is 44.5 Å². The van der Waals surface area contributed by atoms with Gasteiger partial charge in [0.25, 0.3) is 0 Å². The van der Waals surface area contributed by atoms with Gasteiger partial charge in [0.1, 0.15) is 11.9 Å². The van der Waals surface area contributed by atoms with Crippen LogP contribution < -0.4 is 10.6 Å². The SMILES string of the molecule is N#Cc1cccnc1N1CCN(Cc2ccc(C(N)=O)cc2)CC1. The van der Waals surface area contributed by atoms with E-state index >= 15 is 0 Å². The lowest BCUT2D eigenvalue weighted by Gasteiger charge is -2.35. The summed E-state index contributed by atoms with van der Waals surface area (Å²) >= 11 is 0. The Kier molecular flexibility index (Phi) is 4.73. The van der Waals surface area contributed by atoms with Crippen molar-refractivity contribution in [3.63, 3.8) is 0 Å². The lowest BCUT2D eigenvalue weighted by Crippen LogP contribution is -2.46. The number of nitrogens with zero attached hydrogens (tertiary/aromatic N) is 4. The van der Waals surface area contributed by atoms with Crippen LogP contribution in [0.3, 0.4) is 0 Å². The number of nitrogens with two attached hydrogens (primary N) is 1. The van der Waals surface area contributed by atoms with Crippen LogP contribution in [-0.2, 0) is 6.54 Å². The molecule has 1 saturated heterocycles. The molecule has 0 spiro atoms. The van der Waals surface area contributed by atoms with Crippen molar-refractivity contribution in [3.8, 4) is 6.07 Å². The molecule has 24 heavy (non-hydrogen) atoms. The molecule has 3 rings (SSSR count). The van der Waals surface area contributed by atoms with Crippen LogP contribution >= 0.6 is 0 Å². The molecule has 2 N–H and O–H groups in total. The number of amides is 1. The molecule has 1 aliphatic heterocycles. The van der Waals surface area contributed by atoms with E-state index < -0.39 is 5.91 Å². The second-order valence-electron chi connectivity index (χ2n) is 5.81. The molecule has 1 fully saturated rings. The average Bonchev–Trinajstić information content (AvgIpc) is 2.63. The lowest BCUT2D eigenvalue weighted by atomic mass is 10.1. The minimum atomic E-state index is -0.404. The summed E-state index contributed by atoms with van der Waals surface area (Å²) in [5.74, 6) is 0.365. The summed E-state index contributed by atoms with van der Waals surface area (Å²) in [7, 11) is 0. The number of aromatic nitrogens is 1. The standard InChI is InChI=1S/C18H19N5O/c19-12-16-2-1-7-21-18(16)23-10-8-22(9-11-23)13-14-3-5-15(6-4-14)17(20)24/h1-7H,8-11,13H2,(H2,20,24). The lowest BCUT2D eigenvalue weighted by molar-refractivity contribution is 0.100. The minimum Gasteiger partial charge on any atom is -0.366 e. The smallest absolute Gasteiger partial charge is 0.248 e. The van der Waals surface area contributed by atoms with E-state index in [9.17, 15) is 10.1 Å². The maximum absolute atomic E-state index is 11.1. The molecule has 1 aliphatic rings. The fourth-order valence-corrected chi connectivity index (χ4v) is 2.89. The molecular weight excluding hydrogens is 302 g/mol. The summed E-state index contributed by atoms with van der Waals surface area (Å²) in [4.78, 5) is 20.0. The van der Waals surface area contributed by atoms with Crippen LogP contribution in [0.15, 0.2) is 42.6 Å². The quantitative estimate of drug-likeness (QED) is 0.919. The van der Waals surface area contributed by atoms with E-state index in [4.69, 9.17) is 5.73 Å². The predicted octanol–water partition coefficient (Wildman–Crippen LogP) is 1.37. The van der Waals surface area contributed by atoms with Crippen molar-refractivity contribution in [2.75, 3.05) is 31.1 Å². The van der Waals surface area contributed by atoms with Crippen molar-refractivity contribution in [2.45, 2.75) is 6.54 Å². The molecule has 6 heteroatoms. The van der Waals surface area contributed by atoms with Crippen molar-refractivity contribution in [1.82, 2.24) is 9.88 Å². The van der Waals surface area contributed by atoms with E-state index in [1.165, 1.54) is 0 Å². The van der Waals surface area contributed by atoms with Crippen molar-refractivity contribution in [3.05, 3.63) is 59.3 Å². The number of hydrogen-bond donors (Lipinski definition) is 1. The highest BCUT2D eigenvalue weighted by molar-refractivity contribution is 5.92. The Hall–Kier alpha value is -2.91. The molecule has 122 valence electrons. The van der Waals surface area contributed by atoms with Gasteiger partial charge in [-0.2, -0.15) is 5.26 Å². The van der Waals surface area contributed by atoms with Gasteiger partial charge in [0.2, 0.25) is 5.91 Å². The summed E-state index contributed by atoms with van der Waals surface area (Å²) < 4.78 is 0. The number of hydrogen-bond acceptors (Lipinski definition) is 5. The van der Waals surface area contributed by atoms with Crippen LogP contribution in [0.25, 0.3) is 0 Å². The van der Waals surface area contributed by atoms with E-state index in [2.05, 4.69) is 20.9 Å². The van der Waals surface area contributed by atoms with Gasteiger partial charge < -0.3 is 10.6 Å². The van der Waals surface area contributed by atoms with E-state index in [0.29, 0.717) is 11.1 Å². The Bertz CT molecular complexity index is 758. The van der Waals surface area contributed by atoms with Crippen LogP contribution in [-0.4, -0.2) is 42.0 Å². The maximum Gasteiger partial charge on any atom is 0.248 e. The summed E-state index contributed by atoms with van der Waals surface area (Å²) in [6, 6.07) is 13.2. The average molecular weight is 321 g/mol. The van der Waals surface area contributed by atoms with E-state index in [1.54, 1.807) is 30.5 Å². The molecule has 2 heterocycles. The third-order valence-corrected chi connectivity index (χ3v) is 4.22. The monoisotopic (exact) mass is 321 g/mol. The highest BCUT2D eigenvalue weighted by Gasteiger charge is 2.20. The van der Waals surface area contributed by atoms with Crippen LogP contribution in [0.4, 0.5) is 5.82 Å². The van der Waals surface area contributed by atoms with Crippen molar-refractivity contribution >= 4 is 11.7 Å². The number of anilines is 1. The van der Waals surface area contributed by atoms with E-state index in [-0.39, 0.29) is 0 Å². The maximum atomic E-state index is 11.1. The highest BCUT2D eigenvalue weighted by atomic mass is 16.1. The summed E-state index contributed by atoms with van der Waals surface area (Å²) in [6.07, 6.45) is 1.73. The fourth-order valence-electron chi connectivity index (χ4n) is 2.89. The van der Waals surface area contributed by atoms with Crippen LogP contribution in [0.2, 0.25) is 0 Å². The topological polar surface area (TPSA) is 86.2 Å². The molecule has 1 amide bonds. The van der Waals surface area contributed by atoms with Gasteiger partial charge in [-0.15, -0.1) is 0 Å². The van der Waals surface area contributed by atoms with Gasteiger partial charge in [-0.05, 0) is 29.8 Å². The van der Waals surface area contributed by atoms with Gasteiger partial charge in [0.15, 0.2) is 0 Å². The Morgan fingerprint density at radius 3 is 2.50 bits per heavy atom. The molecule has 0 aliphatic carbocycles. The number of pyridine rings is 1. The fraction of sp³-hybridized carbons (Fsp3) is 0.278. The molecule has 0 saturated carbocycles. The Balaban J connectivity index is 1.59. The van der Waals surface area contributed by atoms with E-state index in [0.717, 1.165) is 44.1 Å². The zero-order valence-corrected chi connectivity index (χ0v) is 13.4. The van der Waals surface area contributed by atoms with Crippen molar-refractivity contribution < 1.29 is 4.79 Å². The van der Waals surface area contributed by atoms with Crippen LogP contribution in [0.5, 0.6) is 0 Å². The van der Waals surface area contributed by atoms with Crippen LogP contribution in [0.1, 0.15) is 21.5 Å². The summed E-state index contributed by atoms with van der Waals surface area (Å²) in [5, 5.41) is 9.20. The van der Waals surface area contributed by atoms with Crippen LogP contribution in [0, 0.1) is 11.3 Å². The number of benzene rings is 1. The Labute approximate surface area is 141 Å². The molecule has 0 unspecified atom stereocenters. The van der Waals surface area contributed by atoms with E-state index in [1.807, 2.05) is 12.1 Å². The molecule has 1 aromatic heterocycles. The third kappa shape index (κ3) is 3.53. The molecular formula is C18H19N5O. The molecule has 2 aromatic rings. The first-order valence-corrected chi connectivity index (χ1v) is 7.88. The summed E-state index contributed by atoms with van der Waals surface area (Å²) in [5.41, 5.74) is 7.56. The largest absolute Gasteiger partial charge is 0.366 e. The minimum absolute atomic E-state index is 0.404. The van der Waals surface area contributed by atoms with Gasteiger partial charge in [-0.25, -0.2) is 4.98 Å². The Morgan fingerprint density at radius 2 is 1.88 bits per heavy atom. The number of rotatable bonds is 4. The first-order chi connectivity index (χ1) is 11.7. The predicted molar refractivity (Wildman–Crippen MR) is 91.4 cm³/mol. The number of carbonyl (C=O) groups is 1. The third-order valence-electron chi connectivity index (χ3n) is 4.22. The van der Waals surface area contributed by atoms with Crippen molar-refractivity contribution in [2.24, 2.45) is 5.73 Å². The number of piperazine rings is 1. The summed E-state index contributed by atoms with van der Waals surface area (Å²) in [6.45, 7) is 4.31. The zero-order chi connectivity index (χ0) is 16.9. The molecule has 0 atom stereocenters. The molecule has 6 nitrogen and oxygen atoms in total. The normalized spacial score (nSPS) is 15.0. The zero-order valence-electron chi connectivity index (χ0n) is 13.4. The van der Waals surface area contributed by atoms with Crippen molar-refractivity contribution in [1.29, 1.82) is 5.26 Å². The molecule has 0 bridgehead atoms. The highest BCUT2D eigenvalue weighted by Crippen LogP contribution is 2.19.